The number of esters is 1. The maximum Gasteiger partial charge on any atom is 0.337 e. The molecule has 0 aliphatic rings. The number of carbonyl (C=O) groups excluding carboxylic acids is 1. The minimum absolute atomic E-state index is 0.368. The van der Waals surface area contributed by atoms with Crippen LogP contribution in [0.3, 0.4) is 0 Å². The number of methoxy groups -OCH3 is 2. The number of rotatable bonds is 5. The molecule has 0 unspecified atom stereocenters. The van der Waals surface area contributed by atoms with E-state index in [4.69, 9.17) is 9.47 Å². The maximum atomic E-state index is 11.6. The fourth-order valence-corrected chi connectivity index (χ4v) is 3.01. The summed E-state index contributed by atoms with van der Waals surface area (Å²) in [7, 11) is 3.01. The standard InChI is InChI=1S/C18H16N2O3S/c1-22-16-9-4-3-8-14(16)15-11-24-18(20-15)19-13-7-5-6-12(10-13)17(21)23-2/h3-11H,1-2H3,(H,19,20). The maximum absolute atomic E-state index is 11.6. The average molecular weight is 340 g/mol. The molecule has 0 aliphatic heterocycles. The molecule has 3 aromatic rings. The summed E-state index contributed by atoms with van der Waals surface area (Å²) in [5.41, 5.74) is 3.04. The SMILES string of the molecule is COC(=O)c1cccc(Nc2nc(-c3ccccc3OC)cs2)c1. The van der Waals surface area contributed by atoms with Crippen LogP contribution in [0.25, 0.3) is 11.3 Å². The Labute approximate surface area is 143 Å². The number of anilines is 2. The molecule has 5 nitrogen and oxygen atoms in total. The van der Waals surface area contributed by atoms with Gasteiger partial charge in [0.1, 0.15) is 5.75 Å². The Morgan fingerprint density at radius 1 is 1.12 bits per heavy atom. The van der Waals surface area contributed by atoms with Gasteiger partial charge >= 0.3 is 5.97 Å². The number of para-hydroxylation sites is 1. The number of ether oxygens (including phenoxy) is 2. The third kappa shape index (κ3) is 3.38. The zero-order chi connectivity index (χ0) is 16.9. The van der Waals surface area contributed by atoms with Gasteiger partial charge < -0.3 is 14.8 Å². The molecule has 6 heteroatoms. The first-order valence-corrected chi connectivity index (χ1v) is 8.13. The largest absolute Gasteiger partial charge is 0.496 e. The zero-order valence-corrected chi connectivity index (χ0v) is 14.1. The third-order valence-electron chi connectivity index (χ3n) is 3.42. The van der Waals surface area contributed by atoms with Gasteiger partial charge in [-0.1, -0.05) is 18.2 Å². The van der Waals surface area contributed by atoms with Crippen molar-refractivity contribution in [3.63, 3.8) is 0 Å². The molecule has 1 aromatic heterocycles. The number of nitrogens with one attached hydrogen (secondary N) is 1. The third-order valence-corrected chi connectivity index (χ3v) is 4.18. The van der Waals surface area contributed by atoms with Crippen LogP contribution < -0.4 is 10.1 Å². The molecule has 0 spiro atoms. The minimum Gasteiger partial charge on any atom is -0.496 e. The van der Waals surface area contributed by atoms with Gasteiger partial charge in [-0.3, -0.25) is 0 Å². The summed E-state index contributed by atoms with van der Waals surface area (Å²) in [6.07, 6.45) is 0. The summed E-state index contributed by atoms with van der Waals surface area (Å²) in [6.45, 7) is 0. The van der Waals surface area contributed by atoms with Crippen molar-refractivity contribution in [1.29, 1.82) is 0 Å². The van der Waals surface area contributed by atoms with Crippen LogP contribution in [0.15, 0.2) is 53.9 Å². The van der Waals surface area contributed by atoms with Gasteiger partial charge in [-0.15, -0.1) is 11.3 Å². The molecule has 24 heavy (non-hydrogen) atoms. The molecule has 2 aromatic carbocycles. The van der Waals surface area contributed by atoms with Gasteiger partial charge in [0.25, 0.3) is 0 Å². The molecule has 0 fully saturated rings. The highest BCUT2D eigenvalue weighted by molar-refractivity contribution is 7.14. The van der Waals surface area contributed by atoms with Gasteiger partial charge in [0.15, 0.2) is 5.13 Å². The van der Waals surface area contributed by atoms with Gasteiger partial charge in [-0.05, 0) is 30.3 Å². The molecule has 0 saturated carbocycles. The van der Waals surface area contributed by atoms with Crippen LogP contribution >= 0.6 is 11.3 Å². The Balaban J connectivity index is 1.83. The Bertz CT molecular complexity index is 861. The predicted octanol–water partition coefficient (Wildman–Crippen LogP) is 4.35. The Hall–Kier alpha value is -2.86. The van der Waals surface area contributed by atoms with Crippen molar-refractivity contribution in [2.24, 2.45) is 0 Å². The van der Waals surface area contributed by atoms with E-state index in [2.05, 4.69) is 10.3 Å². The number of aromatic nitrogens is 1. The van der Waals surface area contributed by atoms with Crippen molar-refractivity contribution in [3.05, 3.63) is 59.5 Å². The van der Waals surface area contributed by atoms with Gasteiger partial charge in [0.2, 0.25) is 0 Å². The number of benzene rings is 2. The van der Waals surface area contributed by atoms with Gasteiger partial charge in [-0.25, -0.2) is 9.78 Å². The Kier molecular flexibility index (Phi) is 4.77. The quantitative estimate of drug-likeness (QED) is 0.700. The molecule has 1 heterocycles. The van der Waals surface area contributed by atoms with E-state index in [1.165, 1.54) is 18.4 Å². The van der Waals surface area contributed by atoms with Crippen molar-refractivity contribution in [2.75, 3.05) is 19.5 Å². The van der Waals surface area contributed by atoms with Crippen LogP contribution in [0.2, 0.25) is 0 Å². The fourth-order valence-electron chi connectivity index (χ4n) is 2.28. The van der Waals surface area contributed by atoms with Gasteiger partial charge in [-0.2, -0.15) is 0 Å². The van der Waals surface area contributed by atoms with E-state index < -0.39 is 0 Å². The Morgan fingerprint density at radius 2 is 1.96 bits per heavy atom. The van der Waals surface area contributed by atoms with Crippen LogP contribution in [-0.2, 0) is 4.74 Å². The van der Waals surface area contributed by atoms with Crippen LogP contribution in [0.5, 0.6) is 5.75 Å². The molecule has 0 atom stereocenters. The van der Waals surface area contributed by atoms with Gasteiger partial charge in [0, 0.05) is 16.6 Å². The van der Waals surface area contributed by atoms with Gasteiger partial charge in [0.05, 0.1) is 25.5 Å². The van der Waals surface area contributed by atoms with Crippen molar-refractivity contribution in [1.82, 2.24) is 4.98 Å². The fraction of sp³-hybridized carbons (Fsp3) is 0.111. The highest BCUT2D eigenvalue weighted by Gasteiger charge is 2.10. The Morgan fingerprint density at radius 3 is 2.75 bits per heavy atom. The number of carbonyl (C=O) groups is 1. The summed E-state index contributed by atoms with van der Waals surface area (Å²) in [5, 5.41) is 5.91. The lowest BCUT2D eigenvalue weighted by molar-refractivity contribution is 0.0601. The second-order valence-electron chi connectivity index (χ2n) is 4.94. The summed E-state index contributed by atoms with van der Waals surface area (Å²) in [4.78, 5) is 16.2. The molecule has 0 amide bonds. The lowest BCUT2D eigenvalue weighted by atomic mass is 10.1. The van der Waals surface area contributed by atoms with Crippen molar-refractivity contribution < 1.29 is 14.3 Å². The van der Waals surface area contributed by atoms with E-state index in [-0.39, 0.29) is 5.97 Å². The first-order chi connectivity index (χ1) is 11.7. The minimum atomic E-state index is -0.368. The van der Waals surface area contributed by atoms with E-state index >= 15 is 0 Å². The molecule has 1 N–H and O–H groups in total. The number of hydrogen-bond acceptors (Lipinski definition) is 6. The normalized spacial score (nSPS) is 10.2. The van der Waals surface area contributed by atoms with Crippen LogP contribution in [0, 0.1) is 0 Å². The molecular formula is C18H16N2O3S. The highest BCUT2D eigenvalue weighted by Crippen LogP contribution is 2.32. The van der Waals surface area contributed by atoms with E-state index in [9.17, 15) is 4.79 Å². The first kappa shape index (κ1) is 16.0. The van der Waals surface area contributed by atoms with Crippen LogP contribution in [0.4, 0.5) is 10.8 Å². The lowest BCUT2D eigenvalue weighted by Gasteiger charge is -2.06. The van der Waals surface area contributed by atoms with E-state index in [0.29, 0.717) is 5.56 Å². The summed E-state index contributed by atoms with van der Waals surface area (Å²) in [5.74, 6) is 0.412. The van der Waals surface area contributed by atoms with Crippen LogP contribution in [0.1, 0.15) is 10.4 Å². The number of hydrogen-bond donors (Lipinski definition) is 1. The van der Waals surface area contributed by atoms with Crippen molar-refractivity contribution in [3.8, 4) is 17.0 Å². The van der Waals surface area contributed by atoms with E-state index in [0.717, 1.165) is 27.8 Å². The predicted molar refractivity (Wildman–Crippen MR) is 95.2 cm³/mol. The second kappa shape index (κ2) is 7.14. The van der Waals surface area contributed by atoms with Crippen molar-refractivity contribution in [2.45, 2.75) is 0 Å². The lowest BCUT2D eigenvalue weighted by Crippen LogP contribution is -2.01. The molecule has 0 bridgehead atoms. The molecule has 122 valence electrons. The summed E-state index contributed by atoms with van der Waals surface area (Å²) < 4.78 is 10.1. The average Bonchev–Trinajstić information content (AvgIpc) is 3.09. The zero-order valence-electron chi connectivity index (χ0n) is 13.3. The molecule has 0 radical (unpaired) electrons. The van der Waals surface area contributed by atoms with E-state index in [1.807, 2.05) is 35.7 Å². The second-order valence-corrected chi connectivity index (χ2v) is 5.79. The highest BCUT2D eigenvalue weighted by atomic mass is 32.1. The molecule has 0 saturated heterocycles. The molecule has 0 aliphatic carbocycles. The molecular weight excluding hydrogens is 324 g/mol. The van der Waals surface area contributed by atoms with Crippen LogP contribution in [-0.4, -0.2) is 25.2 Å². The molecule has 3 rings (SSSR count). The monoisotopic (exact) mass is 340 g/mol. The summed E-state index contributed by atoms with van der Waals surface area (Å²) >= 11 is 1.48. The number of nitrogens with zero attached hydrogens (tertiary/aromatic N) is 1. The summed E-state index contributed by atoms with van der Waals surface area (Å²) in [6, 6.07) is 14.8. The first-order valence-electron chi connectivity index (χ1n) is 7.25. The van der Waals surface area contributed by atoms with Crippen molar-refractivity contribution >= 4 is 28.1 Å². The van der Waals surface area contributed by atoms with E-state index in [1.54, 1.807) is 25.3 Å². The number of thiazole rings is 1. The topological polar surface area (TPSA) is 60.5 Å². The smallest absolute Gasteiger partial charge is 0.337 e.